The Balaban J connectivity index is 2.14. The first kappa shape index (κ1) is 13.0. The molecule has 0 aliphatic heterocycles. The molecule has 0 aliphatic carbocycles. The fourth-order valence-corrected chi connectivity index (χ4v) is 1.26. The highest BCUT2D eigenvalue weighted by Crippen LogP contribution is 2.11. The Bertz CT molecular complexity index is 303. The van der Waals surface area contributed by atoms with Crippen LogP contribution in [0.3, 0.4) is 0 Å². The van der Waals surface area contributed by atoms with Crippen LogP contribution in [0.25, 0.3) is 0 Å². The maximum Gasteiger partial charge on any atom is 0.123 e. The summed E-state index contributed by atoms with van der Waals surface area (Å²) in [6.07, 6.45) is 0.939. The molecule has 0 saturated carbocycles. The SMILES string of the molecule is CC(C)(C)NCCCOc1ccc(F)cc1. The molecule has 2 nitrogen and oxygen atoms in total. The minimum absolute atomic E-state index is 0.149. The van der Waals surface area contributed by atoms with Crippen molar-refractivity contribution >= 4 is 0 Å². The van der Waals surface area contributed by atoms with E-state index in [-0.39, 0.29) is 11.4 Å². The van der Waals surface area contributed by atoms with E-state index in [1.165, 1.54) is 12.1 Å². The molecular weight excluding hydrogens is 205 g/mol. The van der Waals surface area contributed by atoms with Gasteiger partial charge in [-0.3, -0.25) is 0 Å². The highest BCUT2D eigenvalue weighted by Gasteiger charge is 2.06. The summed E-state index contributed by atoms with van der Waals surface area (Å²) in [6, 6.07) is 6.10. The van der Waals surface area contributed by atoms with Crippen LogP contribution in [0.2, 0.25) is 0 Å². The molecule has 0 heterocycles. The molecule has 0 aromatic heterocycles. The van der Waals surface area contributed by atoms with Gasteiger partial charge in [0.05, 0.1) is 6.61 Å². The summed E-state index contributed by atoms with van der Waals surface area (Å²) in [6.45, 7) is 7.97. The molecule has 0 bridgehead atoms. The number of hydrogen-bond donors (Lipinski definition) is 1. The van der Waals surface area contributed by atoms with E-state index >= 15 is 0 Å². The van der Waals surface area contributed by atoms with Gasteiger partial charge in [0.1, 0.15) is 11.6 Å². The molecule has 1 rings (SSSR count). The average molecular weight is 225 g/mol. The van der Waals surface area contributed by atoms with Gasteiger partial charge < -0.3 is 10.1 Å². The Labute approximate surface area is 96.8 Å². The molecule has 90 valence electrons. The Morgan fingerprint density at radius 2 is 1.81 bits per heavy atom. The number of halogens is 1. The topological polar surface area (TPSA) is 21.3 Å². The van der Waals surface area contributed by atoms with Crippen LogP contribution in [-0.4, -0.2) is 18.7 Å². The molecule has 0 aliphatic rings. The lowest BCUT2D eigenvalue weighted by molar-refractivity contribution is 0.298. The zero-order chi connectivity index (χ0) is 12.0. The minimum atomic E-state index is -0.234. The summed E-state index contributed by atoms with van der Waals surface area (Å²) in [5.41, 5.74) is 0.149. The van der Waals surface area contributed by atoms with Crippen molar-refractivity contribution in [2.24, 2.45) is 0 Å². The largest absolute Gasteiger partial charge is 0.494 e. The lowest BCUT2D eigenvalue weighted by atomic mass is 10.1. The van der Waals surface area contributed by atoms with Gasteiger partial charge in [-0.15, -0.1) is 0 Å². The average Bonchev–Trinajstić information content (AvgIpc) is 2.19. The van der Waals surface area contributed by atoms with Gasteiger partial charge in [-0.2, -0.15) is 0 Å². The molecular formula is C13H20FNO. The predicted octanol–water partition coefficient (Wildman–Crippen LogP) is 2.98. The highest BCUT2D eigenvalue weighted by atomic mass is 19.1. The van der Waals surface area contributed by atoms with Crippen LogP contribution >= 0.6 is 0 Å². The zero-order valence-corrected chi connectivity index (χ0v) is 10.2. The molecule has 0 fully saturated rings. The maximum absolute atomic E-state index is 12.6. The number of rotatable bonds is 5. The first-order chi connectivity index (χ1) is 7.47. The third kappa shape index (κ3) is 5.71. The van der Waals surface area contributed by atoms with Gasteiger partial charge in [-0.05, 0) is 58.0 Å². The number of hydrogen-bond acceptors (Lipinski definition) is 2. The van der Waals surface area contributed by atoms with E-state index in [4.69, 9.17) is 4.74 Å². The molecule has 0 unspecified atom stereocenters. The van der Waals surface area contributed by atoms with Gasteiger partial charge in [-0.1, -0.05) is 0 Å². The van der Waals surface area contributed by atoms with E-state index in [0.717, 1.165) is 18.7 Å². The Morgan fingerprint density at radius 1 is 1.19 bits per heavy atom. The maximum atomic E-state index is 12.6. The van der Waals surface area contributed by atoms with Crippen molar-refractivity contribution in [2.45, 2.75) is 32.7 Å². The van der Waals surface area contributed by atoms with Crippen molar-refractivity contribution < 1.29 is 9.13 Å². The fraction of sp³-hybridized carbons (Fsp3) is 0.538. The van der Waals surface area contributed by atoms with Crippen molar-refractivity contribution in [1.29, 1.82) is 0 Å². The van der Waals surface area contributed by atoms with Gasteiger partial charge in [0.25, 0.3) is 0 Å². The first-order valence-electron chi connectivity index (χ1n) is 5.61. The van der Waals surface area contributed by atoms with E-state index in [1.54, 1.807) is 12.1 Å². The van der Waals surface area contributed by atoms with Crippen LogP contribution in [0, 0.1) is 5.82 Å². The molecule has 16 heavy (non-hydrogen) atoms. The van der Waals surface area contributed by atoms with E-state index in [9.17, 15) is 4.39 Å². The van der Waals surface area contributed by atoms with E-state index in [1.807, 2.05) is 0 Å². The Hall–Kier alpha value is -1.09. The summed E-state index contributed by atoms with van der Waals surface area (Å²) in [5.74, 6) is 0.485. The minimum Gasteiger partial charge on any atom is -0.494 e. The second-order valence-corrected chi connectivity index (χ2v) is 4.83. The van der Waals surface area contributed by atoms with Crippen LogP contribution in [0.5, 0.6) is 5.75 Å². The van der Waals surface area contributed by atoms with Crippen molar-refractivity contribution in [1.82, 2.24) is 5.32 Å². The first-order valence-corrected chi connectivity index (χ1v) is 5.61. The lowest BCUT2D eigenvalue weighted by Crippen LogP contribution is -2.36. The third-order valence-corrected chi connectivity index (χ3v) is 2.06. The molecule has 0 amide bonds. The molecule has 0 radical (unpaired) electrons. The summed E-state index contributed by atoms with van der Waals surface area (Å²) >= 11 is 0. The summed E-state index contributed by atoms with van der Waals surface area (Å²) in [5, 5.41) is 3.38. The van der Waals surface area contributed by atoms with Crippen LogP contribution in [-0.2, 0) is 0 Å². The van der Waals surface area contributed by atoms with Gasteiger partial charge in [0.2, 0.25) is 0 Å². The molecule has 0 spiro atoms. The Kier molecular flexibility index (Phi) is 4.74. The van der Waals surface area contributed by atoms with Crippen LogP contribution in [0.4, 0.5) is 4.39 Å². The van der Waals surface area contributed by atoms with Crippen LogP contribution in [0.1, 0.15) is 27.2 Å². The monoisotopic (exact) mass is 225 g/mol. The van der Waals surface area contributed by atoms with Crippen molar-refractivity contribution in [3.05, 3.63) is 30.1 Å². The lowest BCUT2D eigenvalue weighted by Gasteiger charge is -2.20. The zero-order valence-electron chi connectivity index (χ0n) is 10.2. The van der Waals surface area contributed by atoms with Crippen LogP contribution < -0.4 is 10.1 Å². The normalized spacial score (nSPS) is 11.5. The van der Waals surface area contributed by atoms with Gasteiger partial charge >= 0.3 is 0 Å². The highest BCUT2D eigenvalue weighted by molar-refractivity contribution is 5.21. The predicted molar refractivity (Wildman–Crippen MR) is 64.3 cm³/mol. The standard InChI is InChI=1S/C13H20FNO/c1-13(2,3)15-9-4-10-16-12-7-5-11(14)6-8-12/h5-8,15H,4,9-10H2,1-3H3. The molecule has 1 aromatic carbocycles. The summed E-state index contributed by atoms with van der Waals surface area (Å²) in [7, 11) is 0. The van der Waals surface area contributed by atoms with E-state index < -0.39 is 0 Å². The van der Waals surface area contributed by atoms with Gasteiger partial charge in [0, 0.05) is 5.54 Å². The van der Waals surface area contributed by atoms with Crippen molar-refractivity contribution in [2.75, 3.05) is 13.2 Å². The van der Waals surface area contributed by atoms with E-state index in [2.05, 4.69) is 26.1 Å². The van der Waals surface area contributed by atoms with Crippen LogP contribution in [0.15, 0.2) is 24.3 Å². The summed E-state index contributed by atoms with van der Waals surface area (Å²) < 4.78 is 18.1. The van der Waals surface area contributed by atoms with Gasteiger partial charge in [0.15, 0.2) is 0 Å². The molecule has 1 aromatic rings. The van der Waals surface area contributed by atoms with Crippen molar-refractivity contribution in [3.63, 3.8) is 0 Å². The van der Waals surface area contributed by atoms with E-state index in [0.29, 0.717) is 6.61 Å². The fourth-order valence-electron chi connectivity index (χ4n) is 1.26. The van der Waals surface area contributed by atoms with Crippen molar-refractivity contribution in [3.8, 4) is 5.75 Å². The molecule has 1 N–H and O–H groups in total. The molecule has 0 saturated heterocycles. The number of benzene rings is 1. The quantitative estimate of drug-likeness (QED) is 0.778. The second-order valence-electron chi connectivity index (χ2n) is 4.83. The molecule has 0 atom stereocenters. The smallest absolute Gasteiger partial charge is 0.123 e. The number of nitrogens with one attached hydrogen (secondary N) is 1. The summed E-state index contributed by atoms with van der Waals surface area (Å²) in [4.78, 5) is 0. The third-order valence-electron chi connectivity index (χ3n) is 2.06. The Morgan fingerprint density at radius 3 is 2.38 bits per heavy atom. The second kappa shape index (κ2) is 5.85. The van der Waals surface area contributed by atoms with Gasteiger partial charge in [-0.25, -0.2) is 4.39 Å². The number of ether oxygens (including phenoxy) is 1. The molecule has 3 heteroatoms.